The third kappa shape index (κ3) is 5.67. The average Bonchev–Trinajstić information content (AvgIpc) is 3.13. The molecule has 2 amide bonds. The van der Waals surface area contributed by atoms with Crippen LogP contribution >= 0.6 is 0 Å². The van der Waals surface area contributed by atoms with Gasteiger partial charge in [0, 0.05) is 50.8 Å². The summed E-state index contributed by atoms with van der Waals surface area (Å²) in [6.45, 7) is 7.68. The van der Waals surface area contributed by atoms with E-state index in [9.17, 15) is 9.59 Å². The van der Waals surface area contributed by atoms with E-state index in [4.69, 9.17) is 4.74 Å². The molecule has 0 saturated carbocycles. The van der Waals surface area contributed by atoms with Crippen molar-refractivity contribution >= 4 is 11.8 Å². The Balaban J connectivity index is 1.20. The number of rotatable bonds is 7. The molecule has 0 aliphatic carbocycles. The van der Waals surface area contributed by atoms with Gasteiger partial charge in [-0.15, -0.1) is 0 Å². The molecule has 32 heavy (non-hydrogen) atoms. The highest BCUT2D eigenvalue weighted by Crippen LogP contribution is 2.25. The van der Waals surface area contributed by atoms with Gasteiger partial charge in [0.2, 0.25) is 17.7 Å². The lowest BCUT2D eigenvalue weighted by Gasteiger charge is -2.34. The number of hydrogen-bond donors (Lipinski definition) is 0. The zero-order valence-electron chi connectivity index (χ0n) is 19.1. The van der Waals surface area contributed by atoms with Gasteiger partial charge >= 0.3 is 0 Å². The Morgan fingerprint density at radius 3 is 2.66 bits per heavy atom. The highest BCUT2D eigenvalue weighted by Gasteiger charge is 2.33. The quantitative estimate of drug-likeness (QED) is 0.669. The second kappa shape index (κ2) is 10.2. The Kier molecular flexibility index (Phi) is 7.08. The van der Waals surface area contributed by atoms with Gasteiger partial charge in [0.1, 0.15) is 0 Å². The molecule has 2 saturated heterocycles. The van der Waals surface area contributed by atoms with Gasteiger partial charge in [-0.1, -0.05) is 24.3 Å². The van der Waals surface area contributed by atoms with E-state index in [1.54, 1.807) is 6.20 Å². The number of amides is 2. The van der Waals surface area contributed by atoms with Gasteiger partial charge in [0.25, 0.3) is 0 Å². The molecule has 2 aliphatic rings. The largest absolute Gasteiger partial charge is 0.477 e. The molecule has 0 N–H and O–H groups in total. The first-order valence-corrected chi connectivity index (χ1v) is 11.6. The Labute approximate surface area is 190 Å². The van der Waals surface area contributed by atoms with Crippen molar-refractivity contribution in [1.29, 1.82) is 0 Å². The maximum Gasteiger partial charge on any atom is 0.226 e. The van der Waals surface area contributed by atoms with Gasteiger partial charge in [-0.25, -0.2) is 4.98 Å². The van der Waals surface area contributed by atoms with Crippen LogP contribution in [0.5, 0.6) is 5.88 Å². The summed E-state index contributed by atoms with van der Waals surface area (Å²) in [5.41, 5.74) is 3.39. The minimum Gasteiger partial charge on any atom is -0.477 e. The van der Waals surface area contributed by atoms with Crippen LogP contribution < -0.4 is 4.74 Å². The van der Waals surface area contributed by atoms with Crippen LogP contribution in [0.15, 0.2) is 42.6 Å². The molecule has 2 fully saturated rings. The van der Waals surface area contributed by atoms with Crippen LogP contribution in [-0.2, 0) is 16.0 Å². The van der Waals surface area contributed by atoms with Crippen LogP contribution in [0.4, 0.5) is 0 Å². The molecular formula is C26H33N3O3. The van der Waals surface area contributed by atoms with Crippen molar-refractivity contribution < 1.29 is 14.3 Å². The molecule has 0 radical (unpaired) electrons. The maximum atomic E-state index is 12.7. The first-order valence-electron chi connectivity index (χ1n) is 11.6. The lowest BCUT2D eigenvalue weighted by molar-refractivity contribution is -0.133. The van der Waals surface area contributed by atoms with E-state index in [0.29, 0.717) is 31.2 Å². The molecule has 6 nitrogen and oxygen atoms in total. The molecule has 1 atom stereocenters. The Morgan fingerprint density at radius 2 is 1.91 bits per heavy atom. The standard InChI is InChI=1S/C26H33N3O3/c1-19-7-10-27-24(13-19)32-18-22-14-25(30)29(17-22)16-21-8-11-28(12-9-21)26(31)15-23-6-4-3-5-20(23)2/h3-7,10,13,21-22H,8-9,11-12,14-18H2,1-2H3. The van der Waals surface area contributed by atoms with Gasteiger partial charge in [-0.3, -0.25) is 9.59 Å². The second-order valence-electron chi connectivity index (χ2n) is 9.28. The molecule has 0 bridgehead atoms. The predicted molar refractivity (Wildman–Crippen MR) is 123 cm³/mol. The molecule has 1 unspecified atom stereocenters. The molecule has 1 aromatic carbocycles. The van der Waals surface area contributed by atoms with E-state index in [1.807, 2.05) is 47.1 Å². The zero-order chi connectivity index (χ0) is 22.5. The number of benzene rings is 1. The number of carbonyl (C=O) groups is 2. The fourth-order valence-corrected chi connectivity index (χ4v) is 4.69. The monoisotopic (exact) mass is 435 g/mol. The number of nitrogens with zero attached hydrogens (tertiary/aromatic N) is 3. The van der Waals surface area contributed by atoms with Crippen LogP contribution in [0.1, 0.15) is 36.0 Å². The predicted octanol–water partition coefficient (Wildman–Crippen LogP) is 3.41. The summed E-state index contributed by atoms with van der Waals surface area (Å²) in [5, 5.41) is 0. The summed E-state index contributed by atoms with van der Waals surface area (Å²) in [5.74, 6) is 1.71. The maximum absolute atomic E-state index is 12.7. The van der Waals surface area contributed by atoms with Crippen molar-refractivity contribution in [1.82, 2.24) is 14.8 Å². The minimum absolute atomic E-state index is 0.206. The van der Waals surface area contributed by atoms with E-state index >= 15 is 0 Å². The number of likely N-dealkylation sites (tertiary alicyclic amines) is 2. The van der Waals surface area contributed by atoms with E-state index in [0.717, 1.165) is 50.1 Å². The molecule has 2 aromatic rings. The van der Waals surface area contributed by atoms with Gasteiger partial charge in [-0.05, 0) is 55.4 Å². The molecule has 4 rings (SSSR count). The average molecular weight is 436 g/mol. The summed E-state index contributed by atoms with van der Waals surface area (Å²) in [7, 11) is 0. The smallest absolute Gasteiger partial charge is 0.226 e. The van der Waals surface area contributed by atoms with Crippen LogP contribution in [0, 0.1) is 25.7 Å². The second-order valence-corrected chi connectivity index (χ2v) is 9.28. The Morgan fingerprint density at radius 1 is 1.12 bits per heavy atom. The van der Waals surface area contributed by atoms with Crippen molar-refractivity contribution in [3.63, 3.8) is 0 Å². The third-order valence-electron chi connectivity index (χ3n) is 6.70. The summed E-state index contributed by atoms with van der Waals surface area (Å²) < 4.78 is 5.82. The van der Waals surface area contributed by atoms with E-state index in [-0.39, 0.29) is 17.7 Å². The number of ether oxygens (including phenoxy) is 1. The number of piperidine rings is 1. The van der Waals surface area contributed by atoms with Crippen molar-refractivity contribution in [2.75, 3.05) is 32.8 Å². The molecule has 3 heterocycles. The zero-order valence-corrected chi connectivity index (χ0v) is 19.1. The first kappa shape index (κ1) is 22.3. The van der Waals surface area contributed by atoms with Crippen molar-refractivity contribution in [3.8, 4) is 5.88 Å². The van der Waals surface area contributed by atoms with E-state index < -0.39 is 0 Å². The number of aryl methyl sites for hydroxylation is 2. The number of carbonyl (C=O) groups excluding carboxylic acids is 2. The molecular weight excluding hydrogens is 402 g/mol. The molecule has 6 heteroatoms. The third-order valence-corrected chi connectivity index (χ3v) is 6.70. The van der Waals surface area contributed by atoms with Gasteiger partial charge < -0.3 is 14.5 Å². The van der Waals surface area contributed by atoms with Crippen LogP contribution in [0.2, 0.25) is 0 Å². The minimum atomic E-state index is 0.206. The molecule has 2 aliphatic heterocycles. The molecule has 170 valence electrons. The lowest BCUT2D eigenvalue weighted by atomic mass is 9.95. The number of aromatic nitrogens is 1. The van der Waals surface area contributed by atoms with Crippen molar-refractivity contribution in [3.05, 3.63) is 59.3 Å². The summed E-state index contributed by atoms with van der Waals surface area (Å²) in [6, 6.07) is 11.9. The van der Waals surface area contributed by atoms with Gasteiger partial charge in [0.15, 0.2) is 0 Å². The van der Waals surface area contributed by atoms with Gasteiger partial charge in [0.05, 0.1) is 13.0 Å². The van der Waals surface area contributed by atoms with Crippen molar-refractivity contribution in [2.45, 2.75) is 39.5 Å². The number of hydrogen-bond acceptors (Lipinski definition) is 4. The fraction of sp³-hybridized carbons (Fsp3) is 0.500. The molecule has 1 aromatic heterocycles. The lowest BCUT2D eigenvalue weighted by Crippen LogP contribution is -2.42. The first-order chi connectivity index (χ1) is 15.5. The van der Waals surface area contributed by atoms with Crippen LogP contribution in [0.3, 0.4) is 0 Å². The fourth-order valence-electron chi connectivity index (χ4n) is 4.69. The van der Waals surface area contributed by atoms with Gasteiger partial charge in [-0.2, -0.15) is 0 Å². The van der Waals surface area contributed by atoms with E-state index in [2.05, 4.69) is 18.0 Å². The van der Waals surface area contributed by atoms with E-state index in [1.165, 1.54) is 5.56 Å². The summed E-state index contributed by atoms with van der Waals surface area (Å²) >= 11 is 0. The van der Waals surface area contributed by atoms with Crippen LogP contribution in [-0.4, -0.2) is 59.4 Å². The highest BCUT2D eigenvalue weighted by atomic mass is 16.5. The summed E-state index contributed by atoms with van der Waals surface area (Å²) in [6.07, 6.45) is 4.67. The molecule has 0 spiro atoms. The number of pyridine rings is 1. The Hall–Kier alpha value is -2.89. The van der Waals surface area contributed by atoms with Crippen molar-refractivity contribution in [2.24, 2.45) is 11.8 Å². The SMILES string of the molecule is Cc1ccnc(OCC2CC(=O)N(CC3CCN(C(=O)Cc4ccccc4C)CC3)C2)c1. The Bertz CT molecular complexity index is 953. The topological polar surface area (TPSA) is 62.7 Å². The highest BCUT2D eigenvalue weighted by molar-refractivity contribution is 5.79. The normalized spacial score (nSPS) is 19.4. The van der Waals surface area contributed by atoms with Crippen LogP contribution in [0.25, 0.3) is 0 Å². The summed E-state index contributed by atoms with van der Waals surface area (Å²) in [4.78, 5) is 33.5.